The van der Waals surface area contributed by atoms with Crippen molar-refractivity contribution in [3.8, 4) is 0 Å². The molecule has 0 saturated heterocycles. The van der Waals surface area contributed by atoms with E-state index in [2.05, 4.69) is 15.9 Å². The summed E-state index contributed by atoms with van der Waals surface area (Å²) in [6.07, 6.45) is -0.757. The van der Waals surface area contributed by atoms with Gasteiger partial charge in [0.2, 0.25) is 0 Å². The van der Waals surface area contributed by atoms with E-state index in [1.807, 2.05) is 25.1 Å². The molecular formula is C14H11BrCl2O. The molecular weight excluding hydrogens is 335 g/mol. The summed E-state index contributed by atoms with van der Waals surface area (Å²) in [5, 5.41) is 11.4. The molecule has 0 radical (unpaired) electrons. The molecule has 2 rings (SSSR count). The molecule has 0 heterocycles. The van der Waals surface area contributed by atoms with Gasteiger partial charge >= 0.3 is 0 Å². The molecule has 2 aromatic carbocycles. The number of halogens is 3. The van der Waals surface area contributed by atoms with Crippen LogP contribution in [0.15, 0.2) is 40.9 Å². The van der Waals surface area contributed by atoms with Crippen LogP contribution in [-0.2, 0) is 0 Å². The normalized spacial score (nSPS) is 12.5. The van der Waals surface area contributed by atoms with E-state index in [4.69, 9.17) is 23.2 Å². The molecule has 2 aromatic rings. The van der Waals surface area contributed by atoms with Gasteiger partial charge in [-0.3, -0.25) is 0 Å². The highest BCUT2D eigenvalue weighted by Gasteiger charge is 2.16. The van der Waals surface area contributed by atoms with Crippen LogP contribution in [0.5, 0.6) is 0 Å². The number of aliphatic hydroxyl groups excluding tert-OH is 1. The fraction of sp³-hybridized carbons (Fsp3) is 0.143. The lowest BCUT2D eigenvalue weighted by molar-refractivity contribution is 0.219. The molecule has 94 valence electrons. The van der Waals surface area contributed by atoms with E-state index in [0.29, 0.717) is 15.6 Å². The first kappa shape index (κ1) is 13.9. The van der Waals surface area contributed by atoms with Gasteiger partial charge in [-0.05, 0) is 36.2 Å². The predicted molar refractivity (Wildman–Crippen MR) is 79.4 cm³/mol. The topological polar surface area (TPSA) is 20.2 Å². The van der Waals surface area contributed by atoms with Gasteiger partial charge in [0.1, 0.15) is 6.10 Å². The van der Waals surface area contributed by atoms with E-state index < -0.39 is 6.10 Å². The summed E-state index contributed by atoms with van der Waals surface area (Å²) in [5.74, 6) is 0. The van der Waals surface area contributed by atoms with Gasteiger partial charge in [0.05, 0.1) is 0 Å². The van der Waals surface area contributed by atoms with E-state index >= 15 is 0 Å². The van der Waals surface area contributed by atoms with Gasteiger partial charge in [-0.1, -0.05) is 57.3 Å². The lowest BCUT2D eigenvalue weighted by Gasteiger charge is -2.16. The second-order valence-electron chi connectivity index (χ2n) is 4.02. The second-order valence-corrected chi connectivity index (χ2v) is 5.72. The van der Waals surface area contributed by atoms with Crippen molar-refractivity contribution in [1.82, 2.24) is 0 Å². The molecule has 0 amide bonds. The Hall–Kier alpha value is -0.540. The molecule has 0 aromatic heterocycles. The molecule has 18 heavy (non-hydrogen) atoms. The van der Waals surface area contributed by atoms with Gasteiger partial charge in [-0.15, -0.1) is 0 Å². The zero-order valence-electron chi connectivity index (χ0n) is 9.62. The maximum Gasteiger partial charge on any atom is 0.106 e. The number of rotatable bonds is 2. The van der Waals surface area contributed by atoms with Gasteiger partial charge in [-0.2, -0.15) is 0 Å². The van der Waals surface area contributed by atoms with E-state index in [-0.39, 0.29) is 0 Å². The summed E-state index contributed by atoms with van der Waals surface area (Å²) in [6, 6.07) is 10.8. The molecule has 1 N–H and O–H groups in total. The third-order valence-electron chi connectivity index (χ3n) is 2.86. The van der Waals surface area contributed by atoms with Crippen molar-refractivity contribution < 1.29 is 5.11 Å². The van der Waals surface area contributed by atoms with Crippen LogP contribution < -0.4 is 0 Å². The zero-order valence-corrected chi connectivity index (χ0v) is 12.7. The summed E-state index contributed by atoms with van der Waals surface area (Å²) in [5.41, 5.74) is 2.48. The Morgan fingerprint density at radius 2 is 1.83 bits per heavy atom. The van der Waals surface area contributed by atoms with Gasteiger partial charge in [-0.25, -0.2) is 0 Å². The third-order valence-corrected chi connectivity index (χ3v) is 4.28. The third kappa shape index (κ3) is 2.72. The van der Waals surface area contributed by atoms with Crippen LogP contribution in [0.1, 0.15) is 22.8 Å². The first-order valence-corrected chi connectivity index (χ1v) is 6.93. The highest BCUT2D eigenvalue weighted by molar-refractivity contribution is 9.10. The molecule has 0 aliphatic heterocycles. The van der Waals surface area contributed by atoms with Crippen LogP contribution in [0.2, 0.25) is 10.0 Å². The summed E-state index contributed by atoms with van der Waals surface area (Å²) < 4.78 is 0.962. The standard InChI is InChI=1S/C14H11BrCl2O/c1-8-10(3-2-4-12(8)15)14(18)11-6-5-9(16)7-13(11)17/h2-7,14,18H,1H3. The molecule has 0 fully saturated rings. The first-order valence-electron chi connectivity index (χ1n) is 5.38. The summed E-state index contributed by atoms with van der Waals surface area (Å²) in [7, 11) is 0. The van der Waals surface area contributed by atoms with Crippen molar-refractivity contribution in [2.75, 3.05) is 0 Å². The van der Waals surface area contributed by atoms with Crippen LogP contribution in [-0.4, -0.2) is 5.11 Å². The molecule has 1 atom stereocenters. The number of hydrogen-bond acceptors (Lipinski definition) is 1. The summed E-state index contributed by atoms with van der Waals surface area (Å²) in [6.45, 7) is 1.95. The van der Waals surface area contributed by atoms with E-state index in [1.165, 1.54) is 0 Å². The molecule has 0 bridgehead atoms. The van der Waals surface area contributed by atoms with Gasteiger partial charge < -0.3 is 5.11 Å². The lowest BCUT2D eigenvalue weighted by atomic mass is 9.97. The van der Waals surface area contributed by atoms with Crippen molar-refractivity contribution >= 4 is 39.1 Å². The quantitative estimate of drug-likeness (QED) is 0.798. The minimum absolute atomic E-state index is 0.467. The molecule has 4 heteroatoms. The minimum atomic E-state index is -0.757. The Balaban J connectivity index is 2.48. The van der Waals surface area contributed by atoms with Gasteiger partial charge in [0.15, 0.2) is 0 Å². The highest BCUT2D eigenvalue weighted by atomic mass is 79.9. The van der Waals surface area contributed by atoms with Crippen LogP contribution in [0, 0.1) is 6.92 Å². The number of benzene rings is 2. The van der Waals surface area contributed by atoms with Crippen molar-refractivity contribution in [2.24, 2.45) is 0 Å². The van der Waals surface area contributed by atoms with Crippen LogP contribution in [0.3, 0.4) is 0 Å². The Labute approximate surface area is 124 Å². The van der Waals surface area contributed by atoms with Crippen molar-refractivity contribution in [3.63, 3.8) is 0 Å². The van der Waals surface area contributed by atoms with Gasteiger partial charge in [0, 0.05) is 20.1 Å². The largest absolute Gasteiger partial charge is 0.384 e. The van der Waals surface area contributed by atoms with Crippen molar-refractivity contribution in [2.45, 2.75) is 13.0 Å². The minimum Gasteiger partial charge on any atom is -0.384 e. The Morgan fingerprint density at radius 3 is 2.50 bits per heavy atom. The summed E-state index contributed by atoms with van der Waals surface area (Å²) >= 11 is 15.4. The van der Waals surface area contributed by atoms with Crippen molar-refractivity contribution in [1.29, 1.82) is 0 Å². The maximum atomic E-state index is 10.4. The van der Waals surface area contributed by atoms with E-state index in [1.54, 1.807) is 18.2 Å². The smallest absolute Gasteiger partial charge is 0.106 e. The molecule has 0 aliphatic rings. The van der Waals surface area contributed by atoms with Gasteiger partial charge in [0.25, 0.3) is 0 Å². The Kier molecular flexibility index (Phi) is 4.33. The maximum absolute atomic E-state index is 10.4. The zero-order chi connectivity index (χ0) is 13.3. The lowest BCUT2D eigenvalue weighted by Crippen LogP contribution is -2.03. The molecule has 0 saturated carbocycles. The average Bonchev–Trinajstić information content (AvgIpc) is 2.32. The highest BCUT2D eigenvalue weighted by Crippen LogP contribution is 2.33. The molecule has 0 spiro atoms. The molecule has 0 aliphatic carbocycles. The predicted octanol–water partition coefficient (Wildman–Crippen LogP) is 5.15. The van der Waals surface area contributed by atoms with E-state index in [0.717, 1.165) is 15.6 Å². The average molecular weight is 346 g/mol. The first-order chi connectivity index (χ1) is 8.50. The molecule has 1 unspecified atom stereocenters. The fourth-order valence-corrected chi connectivity index (χ4v) is 2.70. The fourth-order valence-electron chi connectivity index (χ4n) is 1.81. The van der Waals surface area contributed by atoms with Crippen LogP contribution in [0.25, 0.3) is 0 Å². The SMILES string of the molecule is Cc1c(Br)cccc1C(O)c1ccc(Cl)cc1Cl. The van der Waals surface area contributed by atoms with E-state index in [9.17, 15) is 5.11 Å². The second kappa shape index (κ2) is 5.62. The Morgan fingerprint density at radius 1 is 1.11 bits per heavy atom. The molecule has 1 nitrogen and oxygen atoms in total. The summed E-state index contributed by atoms with van der Waals surface area (Å²) in [4.78, 5) is 0. The van der Waals surface area contributed by atoms with Crippen LogP contribution in [0.4, 0.5) is 0 Å². The number of hydrogen-bond donors (Lipinski definition) is 1. The Bertz CT molecular complexity index is 584. The van der Waals surface area contributed by atoms with Crippen LogP contribution >= 0.6 is 39.1 Å². The number of aliphatic hydroxyl groups is 1. The van der Waals surface area contributed by atoms with Crippen molar-refractivity contribution in [3.05, 3.63) is 67.6 Å². The monoisotopic (exact) mass is 344 g/mol.